The van der Waals surface area contributed by atoms with Crippen LogP contribution in [0.4, 0.5) is 5.69 Å². The lowest BCUT2D eigenvalue weighted by Crippen LogP contribution is -2.30. The normalized spacial score (nSPS) is 13.8. The largest absolute Gasteiger partial charge is 0.481 e. The molecule has 0 bridgehead atoms. The lowest BCUT2D eigenvalue weighted by atomic mass is 10.1. The van der Waals surface area contributed by atoms with Crippen LogP contribution in [-0.2, 0) is 17.9 Å². The van der Waals surface area contributed by atoms with E-state index < -0.39 is 0 Å². The molecule has 0 saturated heterocycles. The van der Waals surface area contributed by atoms with Gasteiger partial charge < -0.3 is 14.4 Å². The van der Waals surface area contributed by atoms with Crippen LogP contribution in [0.3, 0.4) is 0 Å². The summed E-state index contributed by atoms with van der Waals surface area (Å²) in [6.45, 7) is 1.89. The third-order valence-electron chi connectivity index (χ3n) is 4.07. The van der Waals surface area contributed by atoms with Crippen molar-refractivity contribution in [2.24, 2.45) is 0 Å². The zero-order valence-corrected chi connectivity index (χ0v) is 14.8. The number of anilines is 1. The summed E-state index contributed by atoms with van der Waals surface area (Å²) in [4.78, 5) is 11.1. The third kappa shape index (κ3) is 2.83. The molecule has 4 rings (SSSR count). The Balaban J connectivity index is 1.77. The topological polar surface area (TPSA) is 47.5 Å². The van der Waals surface area contributed by atoms with Crippen LogP contribution < -0.4 is 9.64 Å². The zero-order chi connectivity index (χ0) is 16.5. The van der Waals surface area contributed by atoms with Gasteiger partial charge in [-0.25, -0.2) is 4.98 Å². The summed E-state index contributed by atoms with van der Waals surface area (Å²) in [6, 6.07) is 12.2. The maximum absolute atomic E-state index is 5.73. The highest BCUT2D eigenvalue weighted by Gasteiger charge is 2.21. The second-order valence-electron chi connectivity index (χ2n) is 5.66. The number of benzene rings is 1. The standard InChI is InChI=1S/C18H16BrN3O2/c1-23-16-7-6-15-17-13(8-20-18(15)21-16)10-24-11-22(17)9-12-2-4-14(19)5-3-12/h2-8H,9-11H2,1H3. The van der Waals surface area contributed by atoms with Gasteiger partial charge in [-0.05, 0) is 23.8 Å². The molecule has 1 aliphatic rings. The SMILES string of the molecule is COc1ccc2c3c(cnc2n1)COCN3Cc1ccc(Br)cc1. The van der Waals surface area contributed by atoms with Crippen LogP contribution in [0.1, 0.15) is 11.1 Å². The summed E-state index contributed by atoms with van der Waals surface area (Å²) in [5, 5.41) is 1.02. The summed E-state index contributed by atoms with van der Waals surface area (Å²) in [5.41, 5.74) is 4.14. The van der Waals surface area contributed by atoms with Gasteiger partial charge in [0, 0.05) is 34.2 Å². The number of pyridine rings is 2. The molecule has 1 aromatic carbocycles. The van der Waals surface area contributed by atoms with Crippen molar-refractivity contribution in [1.82, 2.24) is 9.97 Å². The molecule has 0 N–H and O–H groups in total. The lowest BCUT2D eigenvalue weighted by Gasteiger charge is -2.32. The lowest BCUT2D eigenvalue weighted by molar-refractivity contribution is 0.109. The fourth-order valence-corrected chi connectivity index (χ4v) is 3.21. The highest BCUT2D eigenvalue weighted by molar-refractivity contribution is 9.10. The number of methoxy groups -OCH3 is 1. The number of nitrogens with zero attached hydrogens (tertiary/aromatic N) is 3. The van der Waals surface area contributed by atoms with Crippen molar-refractivity contribution >= 4 is 32.7 Å². The fourth-order valence-electron chi connectivity index (χ4n) is 2.95. The van der Waals surface area contributed by atoms with Gasteiger partial charge in [-0.3, -0.25) is 0 Å². The Morgan fingerprint density at radius 2 is 2.04 bits per heavy atom. The van der Waals surface area contributed by atoms with Gasteiger partial charge in [0.05, 0.1) is 19.4 Å². The quantitative estimate of drug-likeness (QED) is 0.684. The molecule has 0 saturated carbocycles. The zero-order valence-electron chi connectivity index (χ0n) is 13.2. The third-order valence-corrected chi connectivity index (χ3v) is 4.60. The monoisotopic (exact) mass is 385 g/mol. The minimum Gasteiger partial charge on any atom is -0.481 e. The highest BCUT2D eigenvalue weighted by atomic mass is 79.9. The van der Waals surface area contributed by atoms with Crippen LogP contribution in [0, 0.1) is 0 Å². The van der Waals surface area contributed by atoms with Gasteiger partial charge in [0.1, 0.15) is 6.73 Å². The number of hydrogen-bond donors (Lipinski definition) is 0. The molecular weight excluding hydrogens is 370 g/mol. The van der Waals surface area contributed by atoms with Crippen LogP contribution in [0.15, 0.2) is 47.1 Å². The minimum atomic E-state index is 0.550. The van der Waals surface area contributed by atoms with Crippen molar-refractivity contribution in [2.75, 3.05) is 18.7 Å². The molecule has 0 spiro atoms. The number of aromatic nitrogens is 2. The molecule has 5 nitrogen and oxygen atoms in total. The van der Waals surface area contributed by atoms with E-state index in [0.717, 1.165) is 27.7 Å². The Hall–Kier alpha value is -2.18. The molecule has 0 aliphatic carbocycles. The molecule has 0 atom stereocenters. The van der Waals surface area contributed by atoms with Crippen LogP contribution in [-0.4, -0.2) is 23.8 Å². The van der Waals surface area contributed by atoms with Gasteiger partial charge in [0.25, 0.3) is 0 Å². The summed E-state index contributed by atoms with van der Waals surface area (Å²) in [7, 11) is 1.61. The van der Waals surface area contributed by atoms with E-state index in [9.17, 15) is 0 Å². The van der Waals surface area contributed by atoms with E-state index in [1.807, 2.05) is 18.3 Å². The number of fused-ring (bicyclic) bond motifs is 3. The van der Waals surface area contributed by atoms with E-state index in [-0.39, 0.29) is 0 Å². The van der Waals surface area contributed by atoms with E-state index in [0.29, 0.717) is 24.9 Å². The Morgan fingerprint density at radius 3 is 2.83 bits per heavy atom. The van der Waals surface area contributed by atoms with Crippen LogP contribution >= 0.6 is 15.9 Å². The van der Waals surface area contributed by atoms with Crippen LogP contribution in [0.2, 0.25) is 0 Å². The van der Waals surface area contributed by atoms with E-state index in [1.54, 1.807) is 7.11 Å². The molecule has 0 radical (unpaired) electrons. The van der Waals surface area contributed by atoms with Crippen molar-refractivity contribution in [3.8, 4) is 5.88 Å². The van der Waals surface area contributed by atoms with Gasteiger partial charge >= 0.3 is 0 Å². The molecule has 0 fully saturated rings. The first-order chi connectivity index (χ1) is 11.7. The van der Waals surface area contributed by atoms with Crippen molar-refractivity contribution in [2.45, 2.75) is 13.2 Å². The molecule has 0 unspecified atom stereocenters. The van der Waals surface area contributed by atoms with Gasteiger partial charge in [-0.15, -0.1) is 0 Å². The maximum atomic E-state index is 5.73. The van der Waals surface area contributed by atoms with Crippen molar-refractivity contribution in [3.63, 3.8) is 0 Å². The molecule has 24 heavy (non-hydrogen) atoms. The molecule has 3 heterocycles. The molecule has 1 aliphatic heterocycles. The first-order valence-corrected chi connectivity index (χ1v) is 8.43. The molecule has 2 aromatic heterocycles. The van der Waals surface area contributed by atoms with Gasteiger partial charge in [-0.2, -0.15) is 4.98 Å². The molecular formula is C18H16BrN3O2. The van der Waals surface area contributed by atoms with Gasteiger partial charge in [0.15, 0.2) is 5.65 Å². The summed E-state index contributed by atoms with van der Waals surface area (Å²) in [5.74, 6) is 0.571. The van der Waals surface area contributed by atoms with E-state index in [2.05, 4.69) is 55.1 Å². The van der Waals surface area contributed by atoms with Crippen molar-refractivity contribution in [1.29, 1.82) is 0 Å². The molecule has 0 amide bonds. The Kier molecular flexibility index (Phi) is 4.08. The maximum Gasteiger partial charge on any atom is 0.215 e. The van der Waals surface area contributed by atoms with Crippen LogP contribution in [0.5, 0.6) is 5.88 Å². The predicted octanol–water partition coefficient (Wildman–Crippen LogP) is 3.90. The minimum absolute atomic E-state index is 0.550. The molecule has 122 valence electrons. The highest BCUT2D eigenvalue weighted by Crippen LogP contribution is 2.34. The average molecular weight is 386 g/mol. The summed E-state index contributed by atoms with van der Waals surface area (Å²) < 4.78 is 12.0. The first-order valence-electron chi connectivity index (χ1n) is 7.64. The fraction of sp³-hybridized carbons (Fsp3) is 0.222. The van der Waals surface area contributed by atoms with E-state index >= 15 is 0 Å². The van der Waals surface area contributed by atoms with Crippen molar-refractivity contribution < 1.29 is 9.47 Å². The van der Waals surface area contributed by atoms with Gasteiger partial charge in [-0.1, -0.05) is 28.1 Å². The smallest absolute Gasteiger partial charge is 0.215 e. The predicted molar refractivity (Wildman–Crippen MR) is 96.1 cm³/mol. The number of halogens is 1. The van der Waals surface area contributed by atoms with E-state index in [4.69, 9.17) is 9.47 Å². The Bertz CT molecular complexity index is 883. The average Bonchev–Trinajstić information content (AvgIpc) is 2.63. The Labute approximate surface area is 148 Å². The molecule has 3 aromatic rings. The van der Waals surface area contributed by atoms with E-state index in [1.165, 1.54) is 5.56 Å². The van der Waals surface area contributed by atoms with Crippen molar-refractivity contribution in [3.05, 3.63) is 58.2 Å². The molecule has 6 heteroatoms. The number of rotatable bonds is 3. The Morgan fingerprint density at radius 1 is 1.21 bits per heavy atom. The van der Waals surface area contributed by atoms with Gasteiger partial charge in [0.2, 0.25) is 5.88 Å². The second-order valence-corrected chi connectivity index (χ2v) is 6.57. The number of ether oxygens (including phenoxy) is 2. The second kappa shape index (κ2) is 6.37. The number of hydrogen-bond acceptors (Lipinski definition) is 5. The summed E-state index contributed by atoms with van der Waals surface area (Å²) in [6.07, 6.45) is 1.85. The van der Waals surface area contributed by atoms with Crippen LogP contribution in [0.25, 0.3) is 11.0 Å². The summed E-state index contributed by atoms with van der Waals surface area (Å²) >= 11 is 3.48. The first kappa shape index (κ1) is 15.4.